The predicted molar refractivity (Wildman–Crippen MR) is 36.5 cm³/mol. The monoisotopic (exact) mass is 146 g/mol. The molecule has 9 heavy (non-hydrogen) atoms. The van der Waals surface area contributed by atoms with Crippen LogP contribution < -0.4 is 0 Å². The van der Waals surface area contributed by atoms with Crippen molar-refractivity contribution in [1.29, 1.82) is 0 Å². The van der Waals surface area contributed by atoms with E-state index in [0.29, 0.717) is 17.2 Å². The highest BCUT2D eigenvalue weighted by Gasteiger charge is 2.44. The molecule has 0 aromatic carbocycles. The van der Waals surface area contributed by atoms with Gasteiger partial charge in [0.2, 0.25) is 0 Å². The van der Waals surface area contributed by atoms with Crippen LogP contribution in [0.1, 0.15) is 19.3 Å². The number of aliphatic hydroxyl groups excluding tert-OH is 1. The van der Waals surface area contributed by atoms with E-state index in [0.717, 1.165) is 12.8 Å². The molecule has 0 amide bonds. The van der Waals surface area contributed by atoms with Gasteiger partial charge in [-0.1, -0.05) is 0 Å². The zero-order valence-corrected chi connectivity index (χ0v) is 6.01. The molecule has 2 rings (SSSR count). The van der Waals surface area contributed by atoms with Gasteiger partial charge in [-0.15, -0.1) is 11.6 Å². The van der Waals surface area contributed by atoms with Crippen LogP contribution in [0.2, 0.25) is 0 Å². The summed E-state index contributed by atoms with van der Waals surface area (Å²) in [4.78, 5) is 0. The van der Waals surface area contributed by atoms with E-state index < -0.39 is 0 Å². The van der Waals surface area contributed by atoms with Crippen LogP contribution in [0.25, 0.3) is 0 Å². The van der Waals surface area contributed by atoms with E-state index in [1.165, 1.54) is 6.42 Å². The van der Waals surface area contributed by atoms with Gasteiger partial charge in [0, 0.05) is 5.38 Å². The number of halogens is 1. The van der Waals surface area contributed by atoms with E-state index in [4.69, 9.17) is 11.6 Å². The number of alkyl halides is 1. The molecular formula is C7H11ClO. The van der Waals surface area contributed by atoms with Gasteiger partial charge in [-0.3, -0.25) is 0 Å². The SMILES string of the molecule is O[C@H]1C[C@H]2C[C@@H]1C[C@H]2Cl. The molecule has 1 N–H and O–H groups in total. The van der Waals surface area contributed by atoms with Crippen LogP contribution in [-0.4, -0.2) is 16.6 Å². The second-order valence-corrected chi connectivity index (χ2v) is 3.87. The van der Waals surface area contributed by atoms with Gasteiger partial charge in [0.15, 0.2) is 0 Å². The minimum absolute atomic E-state index is 0.0231. The average molecular weight is 147 g/mol. The number of rotatable bonds is 0. The minimum Gasteiger partial charge on any atom is -0.393 e. The number of aliphatic hydroxyl groups is 1. The Morgan fingerprint density at radius 2 is 1.89 bits per heavy atom. The summed E-state index contributed by atoms with van der Waals surface area (Å²) in [7, 11) is 0. The van der Waals surface area contributed by atoms with Crippen LogP contribution in [0.4, 0.5) is 0 Å². The second kappa shape index (κ2) is 1.86. The smallest absolute Gasteiger partial charge is 0.0572 e. The summed E-state index contributed by atoms with van der Waals surface area (Å²) < 4.78 is 0. The van der Waals surface area contributed by atoms with Crippen molar-refractivity contribution in [2.45, 2.75) is 30.7 Å². The molecule has 2 bridgehead atoms. The number of hydrogen-bond acceptors (Lipinski definition) is 1. The van der Waals surface area contributed by atoms with Crippen LogP contribution >= 0.6 is 11.6 Å². The van der Waals surface area contributed by atoms with Gasteiger partial charge in [-0.05, 0) is 31.1 Å². The highest BCUT2D eigenvalue weighted by atomic mass is 35.5. The summed E-state index contributed by atoms with van der Waals surface area (Å²) in [5, 5.41) is 9.65. The molecule has 52 valence electrons. The molecule has 0 aliphatic heterocycles. The number of hydrogen-bond donors (Lipinski definition) is 1. The second-order valence-electron chi connectivity index (χ2n) is 3.31. The van der Waals surface area contributed by atoms with E-state index >= 15 is 0 Å². The van der Waals surface area contributed by atoms with Gasteiger partial charge < -0.3 is 5.11 Å². The molecule has 2 saturated carbocycles. The van der Waals surface area contributed by atoms with Gasteiger partial charge in [0.1, 0.15) is 0 Å². The lowest BCUT2D eigenvalue weighted by atomic mass is 9.98. The molecule has 2 aliphatic rings. The molecule has 0 radical (unpaired) electrons. The Kier molecular flexibility index (Phi) is 1.24. The van der Waals surface area contributed by atoms with Crippen LogP contribution in [0.15, 0.2) is 0 Å². The first-order valence-electron chi connectivity index (χ1n) is 3.59. The van der Waals surface area contributed by atoms with Gasteiger partial charge in [0.25, 0.3) is 0 Å². The Labute approximate surface area is 60.0 Å². The van der Waals surface area contributed by atoms with Crippen molar-refractivity contribution in [2.24, 2.45) is 11.8 Å². The fourth-order valence-electron chi connectivity index (χ4n) is 2.18. The molecule has 0 spiro atoms. The Morgan fingerprint density at radius 1 is 1.11 bits per heavy atom. The first-order valence-corrected chi connectivity index (χ1v) is 4.03. The zero-order valence-electron chi connectivity index (χ0n) is 5.26. The maximum absolute atomic E-state index is 9.28. The molecule has 2 heteroatoms. The quantitative estimate of drug-likeness (QED) is 0.512. The minimum atomic E-state index is -0.0231. The zero-order chi connectivity index (χ0) is 6.43. The third-order valence-corrected chi connectivity index (χ3v) is 3.27. The van der Waals surface area contributed by atoms with Gasteiger partial charge in [-0.2, -0.15) is 0 Å². The normalized spacial score (nSPS) is 56.7. The standard InChI is InChI=1S/C7H11ClO/c8-6-2-5-1-4(6)3-7(5)9/h4-7,9H,1-3H2/t4-,5-,6-,7+/m1/s1. The lowest BCUT2D eigenvalue weighted by Gasteiger charge is -2.19. The predicted octanol–water partition coefficient (Wildman–Crippen LogP) is 1.38. The summed E-state index contributed by atoms with van der Waals surface area (Å²) in [5.74, 6) is 1.17. The van der Waals surface area contributed by atoms with E-state index in [9.17, 15) is 5.11 Å². The topological polar surface area (TPSA) is 20.2 Å². The van der Waals surface area contributed by atoms with Crippen molar-refractivity contribution in [2.75, 3.05) is 0 Å². The highest BCUT2D eigenvalue weighted by Crippen LogP contribution is 2.46. The molecule has 1 nitrogen and oxygen atoms in total. The molecule has 2 fully saturated rings. The molecule has 0 heterocycles. The van der Waals surface area contributed by atoms with Crippen molar-refractivity contribution in [1.82, 2.24) is 0 Å². The molecule has 0 saturated heterocycles. The Bertz CT molecular complexity index is 108. The van der Waals surface area contributed by atoms with Crippen molar-refractivity contribution >= 4 is 11.6 Å². The summed E-state index contributed by atoms with van der Waals surface area (Å²) >= 11 is 5.96. The summed E-state index contributed by atoms with van der Waals surface area (Å²) in [5.41, 5.74) is 0. The first-order chi connectivity index (χ1) is 4.27. The third kappa shape index (κ3) is 0.786. The van der Waals surface area contributed by atoms with Crippen LogP contribution in [-0.2, 0) is 0 Å². The summed E-state index contributed by atoms with van der Waals surface area (Å²) in [6.07, 6.45) is 3.16. The van der Waals surface area contributed by atoms with Crippen molar-refractivity contribution in [3.05, 3.63) is 0 Å². The molecule has 0 aromatic heterocycles. The fourth-order valence-corrected chi connectivity index (χ4v) is 2.61. The average Bonchev–Trinajstić information content (AvgIpc) is 2.24. The van der Waals surface area contributed by atoms with Gasteiger partial charge in [-0.25, -0.2) is 0 Å². The van der Waals surface area contributed by atoms with E-state index in [1.54, 1.807) is 0 Å². The number of fused-ring (bicyclic) bond motifs is 2. The fraction of sp³-hybridized carbons (Fsp3) is 1.00. The molecule has 4 atom stereocenters. The van der Waals surface area contributed by atoms with E-state index in [-0.39, 0.29) is 6.10 Å². The molecular weight excluding hydrogens is 136 g/mol. The van der Waals surface area contributed by atoms with Crippen LogP contribution in [0, 0.1) is 11.8 Å². The summed E-state index contributed by atoms with van der Waals surface area (Å²) in [6.45, 7) is 0. The third-order valence-electron chi connectivity index (χ3n) is 2.73. The Balaban J connectivity index is 2.10. The summed E-state index contributed by atoms with van der Waals surface area (Å²) in [6, 6.07) is 0. The molecule has 0 unspecified atom stereocenters. The van der Waals surface area contributed by atoms with Gasteiger partial charge >= 0.3 is 0 Å². The van der Waals surface area contributed by atoms with Crippen molar-refractivity contribution in [3.8, 4) is 0 Å². The van der Waals surface area contributed by atoms with E-state index in [1.807, 2.05) is 0 Å². The Hall–Kier alpha value is 0.250. The Morgan fingerprint density at radius 3 is 2.22 bits per heavy atom. The first kappa shape index (κ1) is 5.99. The van der Waals surface area contributed by atoms with Crippen molar-refractivity contribution < 1.29 is 5.11 Å². The van der Waals surface area contributed by atoms with Crippen LogP contribution in [0.3, 0.4) is 0 Å². The lowest BCUT2D eigenvalue weighted by molar-refractivity contribution is 0.114. The lowest BCUT2D eigenvalue weighted by Crippen LogP contribution is -2.21. The maximum Gasteiger partial charge on any atom is 0.0572 e. The van der Waals surface area contributed by atoms with Crippen molar-refractivity contribution in [3.63, 3.8) is 0 Å². The largest absolute Gasteiger partial charge is 0.393 e. The molecule has 2 aliphatic carbocycles. The maximum atomic E-state index is 9.28. The van der Waals surface area contributed by atoms with E-state index in [2.05, 4.69) is 0 Å². The molecule has 0 aromatic rings. The highest BCUT2D eigenvalue weighted by molar-refractivity contribution is 6.21. The van der Waals surface area contributed by atoms with Crippen LogP contribution in [0.5, 0.6) is 0 Å². The van der Waals surface area contributed by atoms with Gasteiger partial charge in [0.05, 0.1) is 6.10 Å².